The van der Waals surface area contributed by atoms with Gasteiger partial charge in [-0.25, -0.2) is 9.98 Å². The summed E-state index contributed by atoms with van der Waals surface area (Å²) >= 11 is 1.43. The number of aliphatic imine (C=N–C) groups is 1. The van der Waals surface area contributed by atoms with Crippen LogP contribution < -0.4 is 0 Å². The molecule has 0 saturated heterocycles. The molecule has 0 bridgehead atoms. The molecule has 0 aliphatic carbocycles. The highest BCUT2D eigenvalue weighted by molar-refractivity contribution is 7.13. The first-order valence-electron chi connectivity index (χ1n) is 9.34. The molecular weight excluding hydrogens is 380 g/mol. The third kappa shape index (κ3) is 5.27. The molecule has 0 fully saturated rings. The van der Waals surface area contributed by atoms with Crippen molar-refractivity contribution in [2.75, 3.05) is 0 Å². The standard InChI is InChI=1S/C24H24N2O2S/c1-16-5-8-18(9-6-16)21(27)10-7-17-13-19(15-26-23-25-11-12-29-23)22(28)20(14-17)24(2,3)4/h5-15,28H,1-4H3/b10-7+,26-15?. The third-order valence-electron chi connectivity index (χ3n) is 4.47. The lowest BCUT2D eigenvalue weighted by Crippen LogP contribution is -2.12. The number of thiazole rings is 1. The van der Waals surface area contributed by atoms with E-state index in [2.05, 4.69) is 9.98 Å². The monoisotopic (exact) mass is 404 g/mol. The van der Waals surface area contributed by atoms with Gasteiger partial charge in [-0.05, 0) is 36.1 Å². The number of allylic oxidation sites excluding steroid dienone is 1. The van der Waals surface area contributed by atoms with Crippen molar-refractivity contribution in [2.24, 2.45) is 4.99 Å². The highest BCUT2D eigenvalue weighted by Gasteiger charge is 2.20. The number of hydrogen-bond acceptors (Lipinski definition) is 5. The quantitative estimate of drug-likeness (QED) is 0.317. The molecule has 0 saturated carbocycles. The minimum absolute atomic E-state index is 0.0617. The van der Waals surface area contributed by atoms with Crippen LogP contribution in [-0.2, 0) is 5.41 Å². The van der Waals surface area contributed by atoms with E-state index in [0.717, 1.165) is 16.7 Å². The molecule has 2 aromatic carbocycles. The maximum Gasteiger partial charge on any atom is 0.209 e. The van der Waals surface area contributed by atoms with Crippen LogP contribution in [0.15, 0.2) is 59.0 Å². The van der Waals surface area contributed by atoms with Crippen molar-refractivity contribution >= 4 is 34.5 Å². The Hall–Kier alpha value is -3.05. The molecule has 148 valence electrons. The predicted molar refractivity (Wildman–Crippen MR) is 121 cm³/mol. The van der Waals surface area contributed by atoms with Crippen LogP contribution in [0.4, 0.5) is 5.13 Å². The van der Waals surface area contributed by atoms with Gasteiger partial charge in [-0.2, -0.15) is 0 Å². The molecule has 1 N–H and O–H groups in total. The van der Waals surface area contributed by atoms with E-state index in [0.29, 0.717) is 16.3 Å². The Morgan fingerprint density at radius 1 is 1.17 bits per heavy atom. The summed E-state index contributed by atoms with van der Waals surface area (Å²) in [5.74, 6) is 0.133. The first-order chi connectivity index (χ1) is 13.7. The summed E-state index contributed by atoms with van der Waals surface area (Å²) in [4.78, 5) is 21.0. The average Bonchev–Trinajstić information content (AvgIpc) is 3.19. The lowest BCUT2D eigenvalue weighted by atomic mass is 9.84. The smallest absolute Gasteiger partial charge is 0.209 e. The topological polar surface area (TPSA) is 62.5 Å². The van der Waals surface area contributed by atoms with Gasteiger partial charge in [0.25, 0.3) is 0 Å². The van der Waals surface area contributed by atoms with Gasteiger partial charge in [-0.1, -0.05) is 56.7 Å². The van der Waals surface area contributed by atoms with Crippen LogP contribution in [0.3, 0.4) is 0 Å². The molecule has 0 atom stereocenters. The Bertz CT molecular complexity index is 1060. The number of aromatic nitrogens is 1. The normalized spacial score (nSPS) is 12.1. The van der Waals surface area contributed by atoms with Gasteiger partial charge in [0.2, 0.25) is 5.13 Å². The molecule has 0 aliphatic heterocycles. The molecule has 0 radical (unpaired) electrons. The van der Waals surface area contributed by atoms with Gasteiger partial charge >= 0.3 is 0 Å². The fourth-order valence-corrected chi connectivity index (χ4v) is 3.32. The number of carbonyl (C=O) groups excluding carboxylic acids is 1. The predicted octanol–water partition coefficient (Wildman–Crippen LogP) is 6.10. The first-order valence-corrected chi connectivity index (χ1v) is 10.2. The van der Waals surface area contributed by atoms with Crippen LogP contribution in [0.2, 0.25) is 0 Å². The molecule has 3 aromatic rings. The summed E-state index contributed by atoms with van der Waals surface area (Å²) in [5.41, 5.74) is 3.71. The molecule has 5 heteroatoms. The molecule has 0 amide bonds. The minimum atomic E-state index is -0.265. The van der Waals surface area contributed by atoms with Gasteiger partial charge in [0, 0.05) is 34.5 Å². The van der Waals surface area contributed by atoms with Crippen molar-refractivity contribution in [3.05, 3.63) is 81.9 Å². The van der Waals surface area contributed by atoms with Crippen molar-refractivity contribution in [2.45, 2.75) is 33.1 Å². The van der Waals surface area contributed by atoms with Crippen molar-refractivity contribution in [3.8, 4) is 5.75 Å². The molecule has 1 heterocycles. The third-order valence-corrected chi connectivity index (χ3v) is 5.15. The summed E-state index contributed by atoms with van der Waals surface area (Å²) < 4.78 is 0. The highest BCUT2D eigenvalue weighted by atomic mass is 32.1. The molecule has 1 aromatic heterocycles. The second-order valence-corrected chi connectivity index (χ2v) is 8.77. The molecule has 0 aliphatic rings. The Labute approximate surface area is 175 Å². The van der Waals surface area contributed by atoms with E-state index in [-0.39, 0.29) is 16.9 Å². The van der Waals surface area contributed by atoms with Gasteiger partial charge in [0.1, 0.15) is 5.75 Å². The molecule has 29 heavy (non-hydrogen) atoms. The fraction of sp³-hybridized carbons (Fsp3) is 0.208. The number of hydrogen-bond donors (Lipinski definition) is 1. The number of rotatable bonds is 5. The van der Waals surface area contributed by atoms with Crippen LogP contribution in [0.5, 0.6) is 5.75 Å². The molecule has 4 nitrogen and oxygen atoms in total. The lowest BCUT2D eigenvalue weighted by molar-refractivity contribution is 0.104. The van der Waals surface area contributed by atoms with Crippen LogP contribution in [0, 0.1) is 6.92 Å². The van der Waals surface area contributed by atoms with Gasteiger partial charge in [0.15, 0.2) is 5.78 Å². The van der Waals surface area contributed by atoms with Crippen molar-refractivity contribution in [3.63, 3.8) is 0 Å². The highest BCUT2D eigenvalue weighted by Crippen LogP contribution is 2.34. The van der Waals surface area contributed by atoms with E-state index in [1.165, 1.54) is 11.3 Å². The minimum Gasteiger partial charge on any atom is -0.507 e. The molecule has 0 unspecified atom stereocenters. The Morgan fingerprint density at radius 2 is 1.90 bits per heavy atom. The number of ketones is 1. The number of phenols is 1. The molecular formula is C24H24N2O2S. The summed E-state index contributed by atoms with van der Waals surface area (Å²) in [6, 6.07) is 11.2. The number of nitrogens with zero attached hydrogens (tertiary/aromatic N) is 2. The summed E-state index contributed by atoms with van der Waals surface area (Å²) in [5, 5.41) is 13.2. The van der Waals surface area contributed by atoms with E-state index in [4.69, 9.17) is 0 Å². The number of aromatic hydroxyl groups is 1. The Kier molecular flexibility index (Phi) is 6.09. The Balaban J connectivity index is 1.96. The van der Waals surface area contributed by atoms with Gasteiger partial charge in [0.05, 0.1) is 0 Å². The van der Waals surface area contributed by atoms with E-state index >= 15 is 0 Å². The summed E-state index contributed by atoms with van der Waals surface area (Å²) in [6.07, 6.45) is 6.64. The zero-order valence-corrected chi connectivity index (χ0v) is 17.8. The van der Waals surface area contributed by atoms with Crippen LogP contribution in [0.1, 0.15) is 53.4 Å². The van der Waals surface area contributed by atoms with E-state index in [9.17, 15) is 9.90 Å². The van der Waals surface area contributed by atoms with Crippen LogP contribution >= 0.6 is 11.3 Å². The number of aryl methyl sites for hydroxylation is 1. The zero-order chi connectivity index (χ0) is 21.0. The van der Waals surface area contributed by atoms with Crippen LogP contribution in [0.25, 0.3) is 6.08 Å². The maximum absolute atomic E-state index is 12.5. The summed E-state index contributed by atoms with van der Waals surface area (Å²) in [6.45, 7) is 8.10. The van der Waals surface area contributed by atoms with Crippen molar-refractivity contribution < 1.29 is 9.90 Å². The van der Waals surface area contributed by atoms with E-state index in [1.807, 2.05) is 69.5 Å². The fourth-order valence-electron chi connectivity index (χ4n) is 2.84. The van der Waals surface area contributed by atoms with Gasteiger partial charge < -0.3 is 5.11 Å². The average molecular weight is 405 g/mol. The van der Waals surface area contributed by atoms with Crippen molar-refractivity contribution in [1.82, 2.24) is 4.98 Å². The number of phenolic OH excluding ortho intramolecular Hbond substituents is 1. The maximum atomic E-state index is 12.5. The van der Waals surface area contributed by atoms with E-state index < -0.39 is 0 Å². The SMILES string of the molecule is Cc1ccc(C(=O)/C=C/c2cc(C=Nc3nccs3)c(O)c(C(C)(C)C)c2)cc1. The van der Waals surface area contributed by atoms with E-state index in [1.54, 1.807) is 24.6 Å². The van der Waals surface area contributed by atoms with Gasteiger partial charge in [-0.15, -0.1) is 11.3 Å². The second kappa shape index (κ2) is 8.53. The largest absolute Gasteiger partial charge is 0.507 e. The number of benzene rings is 2. The van der Waals surface area contributed by atoms with Gasteiger partial charge in [-0.3, -0.25) is 4.79 Å². The van der Waals surface area contributed by atoms with Crippen LogP contribution in [-0.4, -0.2) is 22.1 Å². The summed E-state index contributed by atoms with van der Waals surface area (Å²) in [7, 11) is 0. The zero-order valence-electron chi connectivity index (χ0n) is 17.0. The Morgan fingerprint density at radius 3 is 2.52 bits per heavy atom. The molecule has 3 rings (SSSR count). The lowest BCUT2D eigenvalue weighted by Gasteiger charge is -2.22. The number of carbonyl (C=O) groups is 1. The van der Waals surface area contributed by atoms with Crippen molar-refractivity contribution in [1.29, 1.82) is 0 Å². The second-order valence-electron chi connectivity index (χ2n) is 7.89. The first kappa shape index (κ1) is 20.7. The molecule has 0 spiro atoms.